The van der Waals surface area contributed by atoms with Crippen molar-refractivity contribution < 1.29 is 4.39 Å². The quantitative estimate of drug-likeness (QED) is 0.869. The summed E-state index contributed by atoms with van der Waals surface area (Å²) in [7, 11) is 0. The Kier molecular flexibility index (Phi) is 4.11. The molecule has 1 heterocycles. The van der Waals surface area contributed by atoms with Crippen LogP contribution < -0.4 is 5.32 Å². The highest BCUT2D eigenvalue weighted by Gasteiger charge is 2.33. The molecule has 0 saturated heterocycles. The normalized spacial score (nSPS) is 28.5. The van der Waals surface area contributed by atoms with Gasteiger partial charge in [-0.2, -0.15) is 0 Å². The van der Waals surface area contributed by atoms with Crippen molar-refractivity contribution in [1.82, 2.24) is 10.3 Å². The average molecular weight is 236 g/mol. The zero-order valence-electron chi connectivity index (χ0n) is 10.6. The lowest BCUT2D eigenvalue weighted by molar-refractivity contribution is 0.403. The van der Waals surface area contributed by atoms with E-state index in [4.69, 9.17) is 0 Å². The van der Waals surface area contributed by atoms with Gasteiger partial charge in [-0.3, -0.25) is 4.98 Å². The molecule has 94 valence electrons. The standard InChI is InChI=1S/C14H21FN2/c1-3-6-17-14-5-4-13(10(14)2)11-7-12(15)9-16-8-11/h7-10,13-14,17H,3-6H2,1-2H3. The van der Waals surface area contributed by atoms with E-state index in [0.717, 1.165) is 24.9 Å². The Morgan fingerprint density at radius 1 is 1.41 bits per heavy atom. The van der Waals surface area contributed by atoms with Gasteiger partial charge < -0.3 is 5.32 Å². The van der Waals surface area contributed by atoms with Crippen molar-refractivity contribution in [3.63, 3.8) is 0 Å². The van der Waals surface area contributed by atoms with Gasteiger partial charge in [-0.1, -0.05) is 13.8 Å². The molecule has 2 rings (SSSR count). The van der Waals surface area contributed by atoms with Crippen LogP contribution in [0.2, 0.25) is 0 Å². The van der Waals surface area contributed by atoms with Crippen LogP contribution in [0.1, 0.15) is 44.6 Å². The molecule has 3 heteroatoms. The zero-order valence-corrected chi connectivity index (χ0v) is 10.6. The van der Waals surface area contributed by atoms with E-state index in [-0.39, 0.29) is 5.82 Å². The van der Waals surface area contributed by atoms with E-state index in [9.17, 15) is 4.39 Å². The number of nitrogens with zero attached hydrogens (tertiary/aromatic N) is 1. The van der Waals surface area contributed by atoms with Crippen molar-refractivity contribution in [2.75, 3.05) is 6.54 Å². The second-order valence-corrected chi connectivity index (χ2v) is 5.04. The van der Waals surface area contributed by atoms with Crippen molar-refractivity contribution in [2.24, 2.45) is 5.92 Å². The molecule has 1 saturated carbocycles. The number of rotatable bonds is 4. The fourth-order valence-corrected chi connectivity index (χ4v) is 2.88. The first-order valence-electron chi connectivity index (χ1n) is 6.56. The second-order valence-electron chi connectivity index (χ2n) is 5.04. The second kappa shape index (κ2) is 5.58. The Morgan fingerprint density at radius 2 is 2.24 bits per heavy atom. The van der Waals surface area contributed by atoms with Crippen LogP contribution in [-0.2, 0) is 0 Å². The Bertz CT molecular complexity index is 367. The van der Waals surface area contributed by atoms with Crippen molar-refractivity contribution in [3.8, 4) is 0 Å². The molecule has 1 aliphatic carbocycles. The SMILES string of the molecule is CCCNC1CCC(c2cncc(F)c2)C1C. The fourth-order valence-electron chi connectivity index (χ4n) is 2.88. The maximum absolute atomic E-state index is 13.2. The van der Waals surface area contributed by atoms with Crippen LogP contribution in [0.4, 0.5) is 4.39 Å². The van der Waals surface area contributed by atoms with Gasteiger partial charge in [0, 0.05) is 12.2 Å². The van der Waals surface area contributed by atoms with Crippen molar-refractivity contribution >= 4 is 0 Å². The molecule has 0 bridgehead atoms. The molecule has 17 heavy (non-hydrogen) atoms. The van der Waals surface area contributed by atoms with Gasteiger partial charge in [0.1, 0.15) is 5.82 Å². The van der Waals surface area contributed by atoms with Gasteiger partial charge in [-0.25, -0.2) is 4.39 Å². The fraction of sp³-hybridized carbons (Fsp3) is 0.643. The van der Waals surface area contributed by atoms with Crippen LogP contribution in [-0.4, -0.2) is 17.6 Å². The predicted octanol–water partition coefficient (Wildman–Crippen LogP) is 3.10. The van der Waals surface area contributed by atoms with Crippen molar-refractivity contribution in [1.29, 1.82) is 0 Å². The predicted molar refractivity (Wildman–Crippen MR) is 67.4 cm³/mol. The van der Waals surface area contributed by atoms with E-state index in [1.807, 2.05) is 6.20 Å². The van der Waals surface area contributed by atoms with Crippen LogP contribution in [0.25, 0.3) is 0 Å². The lowest BCUT2D eigenvalue weighted by Crippen LogP contribution is -2.32. The van der Waals surface area contributed by atoms with Gasteiger partial charge in [0.25, 0.3) is 0 Å². The smallest absolute Gasteiger partial charge is 0.141 e. The molecule has 3 unspecified atom stereocenters. The Morgan fingerprint density at radius 3 is 2.94 bits per heavy atom. The maximum Gasteiger partial charge on any atom is 0.141 e. The number of hydrogen-bond acceptors (Lipinski definition) is 2. The van der Waals surface area contributed by atoms with Crippen LogP contribution in [0.15, 0.2) is 18.5 Å². The monoisotopic (exact) mass is 236 g/mol. The molecule has 0 spiro atoms. The lowest BCUT2D eigenvalue weighted by Gasteiger charge is -2.21. The number of hydrogen-bond donors (Lipinski definition) is 1. The maximum atomic E-state index is 13.2. The van der Waals surface area contributed by atoms with Gasteiger partial charge in [-0.15, -0.1) is 0 Å². The summed E-state index contributed by atoms with van der Waals surface area (Å²) in [6.45, 7) is 5.51. The summed E-state index contributed by atoms with van der Waals surface area (Å²) in [5, 5.41) is 3.58. The Labute approximate surface area is 103 Å². The third kappa shape index (κ3) is 2.83. The van der Waals surface area contributed by atoms with Gasteiger partial charge >= 0.3 is 0 Å². The first-order chi connectivity index (χ1) is 8.22. The zero-order chi connectivity index (χ0) is 12.3. The lowest BCUT2D eigenvalue weighted by atomic mass is 9.90. The van der Waals surface area contributed by atoms with Gasteiger partial charge in [0.05, 0.1) is 6.20 Å². The molecule has 0 radical (unpaired) electrons. The third-order valence-electron chi connectivity index (χ3n) is 3.87. The summed E-state index contributed by atoms with van der Waals surface area (Å²) >= 11 is 0. The topological polar surface area (TPSA) is 24.9 Å². The van der Waals surface area contributed by atoms with Crippen LogP contribution >= 0.6 is 0 Å². The third-order valence-corrected chi connectivity index (χ3v) is 3.87. The highest BCUT2D eigenvalue weighted by atomic mass is 19.1. The Hall–Kier alpha value is -0.960. The highest BCUT2D eigenvalue weighted by molar-refractivity contribution is 5.19. The molecule has 0 amide bonds. The summed E-state index contributed by atoms with van der Waals surface area (Å²) in [6, 6.07) is 2.21. The van der Waals surface area contributed by atoms with Crippen LogP contribution in [0.3, 0.4) is 0 Å². The molecular formula is C14H21FN2. The molecule has 2 nitrogen and oxygen atoms in total. The van der Waals surface area contributed by atoms with Gasteiger partial charge in [0.15, 0.2) is 0 Å². The molecule has 1 fully saturated rings. The largest absolute Gasteiger partial charge is 0.314 e. The van der Waals surface area contributed by atoms with Crippen molar-refractivity contribution in [3.05, 3.63) is 29.8 Å². The van der Waals surface area contributed by atoms with E-state index < -0.39 is 0 Å². The summed E-state index contributed by atoms with van der Waals surface area (Å²) in [5.74, 6) is 0.789. The summed E-state index contributed by atoms with van der Waals surface area (Å²) in [5.41, 5.74) is 1.05. The average Bonchev–Trinajstić information content (AvgIpc) is 2.68. The van der Waals surface area contributed by atoms with E-state index in [1.165, 1.54) is 12.6 Å². The summed E-state index contributed by atoms with van der Waals surface area (Å²) < 4.78 is 13.2. The van der Waals surface area contributed by atoms with Crippen LogP contribution in [0.5, 0.6) is 0 Å². The minimum Gasteiger partial charge on any atom is -0.314 e. The molecule has 3 atom stereocenters. The first-order valence-corrected chi connectivity index (χ1v) is 6.56. The summed E-state index contributed by atoms with van der Waals surface area (Å²) in [6.07, 6.45) is 6.56. The molecule has 1 aromatic rings. The van der Waals surface area contributed by atoms with E-state index >= 15 is 0 Å². The van der Waals surface area contributed by atoms with E-state index in [2.05, 4.69) is 24.1 Å². The Balaban J connectivity index is 2.04. The number of nitrogens with one attached hydrogen (secondary N) is 1. The number of halogens is 1. The molecular weight excluding hydrogens is 215 g/mol. The summed E-state index contributed by atoms with van der Waals surface area (Å²) in [4.78, 5) is 3.96. The van der Waals surface area contributed by atoms with Gasteiger partial charge in [-0.05, 0) is 49.3 Å². The molecule has 0 aliphatic heterocycles. The van der Waals surface area contributed by atoms with Crippen LogP contribution in [0, 0.1) is 11.7 Å². The molecule has 1 aromatic heterocycles. The first kappa shape index (κ1) is 12.5. The molecule has 1 N–H and O–H groups in total. The molecule has 1 aliphatic rings. The minimum atomic E-state index is -0.223. The highest BCUT2D eigenvalue weighted by Crippen LogP contribution is 2.39. The van der Waals surface area contributed by atoms with E-state index in [1.54, 1.807) is 6.07 Å². The number of aromatic nitrogens is 1. The molecule has 0 aromatic carbocycles. The van der Waals surface area contributed by atoms with Gasteiger partial charge in [0.2, 0.25) is 0 Å². The minimum absolute atomic E-state index is 0.223. The van der Waals surface area contributed by atoms with Crippen molar-refractivity contribution in [2.45, 2.75) is 45.1 Å². The van der Waals surface area contributed by atoms with E-state index in [0.29, 0.717) is 17.9 Å². The number of pyridine rings is 1.